The lowest BCUT2D eigenvalue weighted by Gasteiger charge is -2.06. The van der Waals surface area contributed by atoms with Crippen LogP contribution in [0, 0.1) is 5.82 Å². The molecule has 1 aromatic heterocycles. The van der Waals surface area contributed by atoms with Gasteiger partial charge in [0.25, 0.3) is 5.78 Å². The highest BCUT2D eigenvalue weighted by Crippen LogP contribution is 2.09. The molecule has 0 aliphatic heterocycles. The molecule has 0 saturated carbocycles. The van der Waals surface area contributed by atoms with Crippen molar-refractivity contribution < 1.29 is 28.6 Å². The van der Waals surface area contributed by atoms with Crippen molar-refractivity contribution in [2.45, 2.75) is 6.54 Å². The van der Waals surface area contributed by atoms with Crippen LogP contribution in [-0.4, -0.2) is 39.3 Å². The zero-order valence-electron chi connectivity index (χ0n) is 12.6. The fourth-order valence-corrected chi connectivity index (χ4v) is 1.90. The lowest BCUT2D eigenvalue weighted by molar-refractivity contribution is -0.139. The molecule has 8 heteroatoms. The average Bonchev–Trinajstić information content (AvgIpc) is 3.03. The number of esters is 1. The number of imidazole rings is 1. The Balaban J connectivity index is 2.19. The van der Waals surface area contributed by atoms with E-state index in [1.54, 1.807) is 0 Å². The molecule has 24 heavy (non-hydrogen) atoms. The minimum Gasteiger partial charge on any atom is -0.502 e. The molecule has 0 aliphatic rings. The number of ketones is 2. The first-order valence-electron chi connectivity index (χ1n) is 6.74. The molecule has 0 fully saturated rings. The Labute approximate surface area is 136 Å². The van der Waals surface area contributed by atoms with Gasteiger partial charge >= 0.3 is 5.97 Å². The van der Waals surface area contributed by atoms with Gasteiger partial charge in [-0.05, 0) is 17.7 Å². The maximum Gasteiger partial charge on any atom is 0.373 e. The molecule has 1 aromatic carbocycles. The van der Waals surface area contributed by atoms with Crippen molar-refractivity contribution in [3.63, 3.8) is 0 Å². The summed E-state index contributed by atoms with van der Waals surface area (Å²) in [6.07, 6.45) is 3.02. The van der Waals surface area contributed by atoms with Gasteiger partial charge in [0, 0.05) is 12.6 Å². The molecule has 0 atom stereocenters. The van der Waals surface area contributed by atoms with Crippen LogP contribution in [0.15, 0.2) is 48.6 Å². The van der Waals surface area contributed by atoms with Crippen molar-refractivity contribution in [2.75, 3.05) is 7.11 Å². The Kier molecular flexibility index (Phi) is 5.20. The van der Waals surface area contributed by atoms with Crippen LogP contribution in [0.2, 0.25) is 0 Å². The molecule has 1 N–H and O–H groups in total. The lowest BCUT2D eigenvalue weighted by atomic mass is 10.1. The second kappa shape index (κ2) is 7.32. The van der Waals surface area contributed by atoms with Crippen LogP contribution in [-0.2, 0) is 20.9 Å². The lowest BCUT2D eigenvalue weighted by Crippen LogP contribution is -2.18. The van der Waals surface area contributed by atoms with Gasteiger partial charge in [-0.15, -0.1) is 0 Å². The van der Waals surface area contributed by atoms with Crippen molar-refractivity contribution in [3.05, 3.63) is 65.7 Å². The normalized spacial score (nSPS) is 11.2. The van der Waals surface area contributed by atoms with Gasteiger partial charge in [0.15, 0.2) is 0 Å². The number of rotatable bonds is 6. The average molecular weight is 332 g/mol. The van der Waals surface area contributed by atoms with Gasteiger partial charge in [0.1, 0.15) is 11.5 Å². The second-order valence-electron chi connectivity index (χ2n) is 4.75. The van der Waals surface area contributed by atoms with E-state index in [4.69, 9.17) is 0 Å². The number of methoxy groups -OCH3 is 1. The molecule has 0 amide bonds. The van der Waals surface area contributed by atoms with Crippen LogP contribution < -0.4 is 0 Å². The topological polar surface area (TPSA) is 98.5 Å². The summed E-state index contributed by atoms with van der Waals surface area (Å²) in [6, 6.07) is 5.62. The highest BCUT2D eigenvalue weighted by Gasteiger charge is 2.21. The number of Topliss-reactive ketones (excluding diaryl/α,β-unsaturated/α-hetero) is 1. The summed E-state index contributed by atoms with van der Waals surface area (Å²) in [5, 5.41) is 9.32. The fraction of sp³-hybridized carbons (Fsp3) is 0.125. The first-order chi connectivity index (χ1) is 11.4. The first-order valence-corrected chi connectivity index (χ1v) is 6.74. The Hall–Kier alpha value is -3.29. The number of halogens is 1. The van der Waals surface area contributed by atoms with Gasteiger partial charge in [-0.25, -0.2) is 14.2 Å². The van der Waals surface area contributed by atoms with Gasteiger partial charge in [-0.1, -0.05) is 12.1 Å². The van der Waals surface area contributed by atoms with E-state index in [2.05, 4.69) is 9.72 Å². The largest absolute Gasteiger partial charge is 0.502 e. The number of benzene rings is 1. The third-order valence-corrected chi connectivity index (χ3v) is 3.10. The zero-order chi connectivity index (χ0) is 17.7. The van der Waals surface area contributed by atoms with E-state index >= 15 is 0 Å². The summed E-state index contributed by atoms with van der Waals surface area (Å²) in [6.45, 7) is 0.196. The minimum atomic E-state index is -1.13. The van der Waals surface area contributed by atoms with Gasteiger partial charge in [0.2, 0.25) is 11.5 Å². The maximum atomic E-state index is 12.9. The van der Waals surface area contributed by atoms with Crippen LogP contribution in [0.4, 0.5) is 4.39 Å². The van der Waals surface area contributed by atoms with Crippen LogP contribution >= 0.6 is 0 Å². The molecule has 0 unspecified atom stereocenters. The van der Waals surface area contributed by atoms with Crippen molar-refractivity contribution in [3.8, 4) is 0 Å². The van der Waals surface area contributed by atoms with E-state index in [0.717, 1.165) is 7.11 Å². The number of hydrogen-bond donors (Lipinski definition) is 1. The number of aliphatic hydroxyl groups excluding tert-OH is 1. The number of carbonyl (C=O) groups is 3. The summed E-state index contributed by atoms with van der Waals surface area (Å²) < 4.78 is 18.5. The summed E-state index contributed by atoms with van der Waals surface area (Å²) in [4.78, 5) is 38.8. The molecular formula is C16H13FN2O5. The molecule has 7 nitrogen and oxygen atoms in total. The van der Waals surface area contributed by atoms with Crippen molar-refractivity contribution in [1.82, 2.24) is 9.55 Å². The molecule has 2 aromatic rings. The maximum absolute atomic E-state index is 12.9. The van der Waals surface area contributed by atoms with E-state index in [0.29, 0.717) is 11.6 Å². The summed E-state index contributed by atoms with van der Waals surface area (Å²) in [5.74, 6) is -4.54. The van der Waals surface area contributed by atoms with E-state index in [-0.39, 0.29) is 18.1 Å². The molecule has 0 saturated heterocycles. The van der Waals surface area contributed by atoms with Crippen molar-refractivity contribution in [2.24, 2.45) is 0 Å². The highest BCUT2D eigenvalue weighted by molar-refractivity contribution is 6.47. The SMILES string of the molecule is COC(=O)/C(O)=C/C(=O)C(=O)c1cncn1Cc1ccc(F)cc1. The Morgan fingerprint density at radius 1 is 1.29 bits per heavy atom. The fourth-order valence-electron chi connectivity index (χ4n) is 1.90. The molecular weight excluding hydrogens is 319 g/mol. The number of ether oxygens (including phenoxy) is 1. The summed E-state index contributed by atoms with van der Waals surface area (Å²) >= 11 is 0. The van der Waals surface area contributed by atoms with Gasteiger partial charge < -0.3 is 14.4 Å². The van der Waals surface area contributed by atoms with E-state index < -0.39 is 23.3 Å². The zero-order valence-corrected chi connectivity index (χ0v) is 12.6. The molecule has 124 valence electrons. The molecule has 1 heterocycles. The van der Waals surface area contributed by atoms with E-state index in [1.165, 1.54) is 41.4 Å². The van der Waals surface area contributed by atoms with Gasteiger partial charge in [0.05, 0.1) is 19.6 Å². The Bertz CT molecular complexity index is 808. The number of allylic oxidation sites excluding steroid dienone is 1. The standard InChI is InChI=1S/C16H13FN2O5/c1-24-16(23)14(21)6-13(20)15(22)12-7-18-9-19(12)8-10-2-4-11(17)5-3-10/h2-7,9,21H,8H2,1H3/b14-6-. The Morgan fingerprint density at radius 3 is 2.58 bits per heavy atom. The number of aliphatic hydroxyl groups is 1. The summed E-state index contributed by atoms with van der Waals surface area (Å²) in [5.41, 5.74) is 0.669. The van der Waals surface area contributed by atoms with E-state index in [9.17, 15) is 23.9 Å². The van der Waals surface area contributed by atoms with Gasteiger partial charge in [-0.3, -0.25) is 9.59 Å². The van der Waals surface area contributed by atoms with Gasteiger partial charge in [-0.2, -0.15) is 0 Å². The van der Waals surface area contributed by atoms with Crippen LogP contribution in [0.1, 0.15) is 16.1 Å². The predicted molar refractivity (Wildman–Crippen MR) is 79.8 cm³/mol. The van der Waals surface area contributed by atoms with Crippen LogP contribution in [0.25, 0.3) is 0 Å². The highest BCUT2D eigenvalue weighted by atomic mass is 19.1. The molecule has 0 bridgehead atoms. The summed E-state index contributed by atoms with van der Waals surface area (Å²) in [7, 11) is 1.02. The van der Waals surface area contributed by atoms with E-state index in [1.807, 2.05) is 0 Å². The molecule has 0 aliphatic carbocycles. The molecule has 2 rings (SSSR count). The smallest absolute Gasteiger partial charge is 0.373 e. The van der Waals surface area contributed by atoms with Crippen molar-refractivity contribution >= 4 is 17.5 Å². The quantitative estimate of drug-likeness (QED) is 0.282. The monoisotopic (exact) mass is 332 g/mol. The third-order valence-electron chi connectivity index (χ3n) is 3.10. The van der Waals surface area contributed by atoms with Crippen LogP contribution in [0.3, 0.4) is 0 Å². The number of hydrogen-bond acceptors (Lipinski definition) is 6. The molecule has 0 spiro atoms. The number of carbonyl (C=O) groups excluding carboxylic acids is 3. The molecule has 0 radical (unpaired) electrons. The number of nitrogens with zero attached hydrogens (tertiary/aromatic N) is 2. The Morgan fingerprint density at radius 2 is 1.96 bits per heavy atom. The number of aromatic nitrogens is 2. The minimum absolute atomic E-state index is 0.0294. The predicted octanol–water partition coefficient (Wildman–Crippen LogP) is 1.44. The first kappa shape index (κ1) is 17.1. The third kappa shape index (κ3) is 3.92. The van der Waals surface area contributed by atoms with Crippen molar-refractivity contribution in [1.29, 1.82) is 0 Å². The second-order valence-corrected chi connectivity index (χ2v) is 4.75. The van der Waals surface area contributed by atoms with Crippen LogP contribution in [0.5, 0.6) is 0 Å².